The Morgan fingerprint density at radius 1 is 0.142 bits per heavy atom. The van der Waals surface area contributed by atoms with Crippen LogP contribution in [0.15, 0.2) is 534 Å². The Morgan fingerprint density at radius 2 is 0.331 bits per heavy atom. The molecule has 0 aliphatic carbocycles. The molecule has 0 saturated carbocycles. The fraction of sp³-hybridized carbons (Fsp3) is 0. The molecule has 22 rings (SSSR count). The van der Waals surface area contributed by atoms with Gasteiger partial charge in [0.25, 0.3) is 0 Å². The first-order valence-electron chi connectivity index (χ1n) is 43.9. The van der Waals surface area contributed by atoms with Crippen molar-refractivity contribution in [3.8, 4) is 5.69 Å². The Bertz CT molecular complexity index is 7030. The molecule has 0 bridgehead atoms. The largest absolute Gasteiger partial charge is 0.310 e. The zero-order chi connectivity index (χ0) is 84.5. The topological polar surface area (TPSA) is 14.7 Å². The molecule has 7 heteroatoms. The van der Waals surface area contributed by atoms with Crippen LogP contribution in [0.2, 0.25) is 0 Å². The number of nitrogens with zero attached hydrogens (tertiary/aromatic N) is 4. The van der Waals surface area contributed by atoms with Crippen LogP contribution in [-0.4, -0.2) is 28.8 Å². The van der Waals surface area contributed by atoms with Gasteiger partial charge in [-0.2, -0.15) is 0 Å². The van der Waals surface area contributed by atoms with Crippen molar-refractivity contribution in [1.29, 1.82) is 0 Å². The lowest BCUT2D eigenvalue weighted by atomic mass is 10.0. The summed E-state index contributed by atoms with van der Waals surface area (Å²) >= 11 is 0. The van der Waals surface area contributed by atoms with Gasteiger partial charge < -0.3 is 19.3 Å². The fourth-order valence-corrected chi connectivity index (χ4v) is 34.8. The van der Waals surface area contributed by atoms with Crippen LogP contribution in [0.25, 0.3) is 59.8 Å². The Balaban J connectivity index is 0.751. The number of hydrogen-bond acceptors (Lipinski definition) is 3. The minimum Gasteiger partial charge on any atom is -0.310 e. The monoisotopic (exact) mass is 1670 g/mol. The molecule has 22 aromatic rings. The van der Waals surface area contributed by atoms with Gasteiger partial charge in [0.05, 0.1) is 28.1 Å². The number of rotatable bonds is 22. The van der Waals surface area contributed by atoms with Crippen LogP contribution >= 0.6 is 0 Å². The Morgan fingerprint density at radius 3 is 0.575 bits per heavy atom. The highest BCUT2D eigenvalue weighted by Gasteiger charge is 2.45. The molecule has 0 fully saturated rings. The highest BCUT2D eigenvalue weighted by molar-refractivity contribution is 7.21. The van der Waals surface area contributed by atoms with Crippen LogP contribution < -0.4 is 76.9 Å². The van der Waals surface area contributed by atoms with Crippen molar-refractivity contribution in [3.05, 3.63) is 534 Å². The molecular formula is C120H88N4Si3. The summed E-state index contributed by atoms with van der Waals surface area (Å²) < 4.78 is 2.50. The molecule has 4 nitrogen and oxygen atoms in total. The summed E-state index contributed by atoms with van der Waals surface area (Å²) in [6.07, 6.45) is 0. The number of anilines is 9. The normalized spacial score (nSPS) is 11.8. The Labute approximate surface area is 745 Å². The summed E-state index contributed by atoms with van der Waals surface area (Å²) in [6.45, 7) is 0. The molecule has 600 valence electrons. The molecular weight excluding hydrogens is 1580 g/mol. The van der Waals surface area contributed by atoms with E-state index in [0.717, 1.165) is 89.5 Å². The van der Waals surface area contributed by atoms with E-state index in [1.54, 1.807) is 0 Å². The molecule has 0 N–H and O–H groups in total. The maximum absolute atomic E-state index is 2.91. The van der Waals surface area contributed by atoms with Gasteiger partial charge in [-0.15, -0.1) is 0 Å². The number of fused-ring (bicyclic) bond motifs is 6. The highest BCUT2D eigenvalue weighted by Crippen LogP contribution is 2.47. The molecule has 0 unspecified atom stereocenters. The first-order valence-corrected chi connectivity index (χ1v) is 49.9. The third kappa shape index (κ3) is 13.5. The minimum absolute atomic E-state index is 1.03. The SMILES string of the molecule is c1ccc([Si](c2ccccc2)(c2ccccc2)c2ccc(N(c3ccc(-n4c5ccc(N(c6ccc([Si](c7ccccc7)(c7ccccc7)c7ccccc7)cc6)c6cccc7ccccc67)cc5c5cc(N(c6ccc([Si](c7ccccc7)(c7ccccc7)c7ccccc7)cc6)c6cccc7ccccc67)ccc54)cc3)c3cccc4ccccc34)cc2)cc1. The van der Waals surface area contributed by atoms with Gasteiger partial charge in [-0.3, -0.25) is 0 Å². The van der Waals surface area contributed by atoms with E-state index in [1.807, 2.05) is 0 Å². The third-order valence-electron chi connectivity index (χ3n) is 26.2. The van der Waals surface area contributed by atoms with Crippen LogP contribution in [0.1, 0.15) is 0 Å². The average molecular weight is 1670 g/mol. The van der Waals surface area contributed by atoms with Crippen molar-refractivity contribution in [1.82, 2.24) is 4.57 Å². The Hall–Kier alpha value is -15.7. The summed E-state index contributed by atoms with van der Waals surface area (Å²) in [5.74, 6) is 0. The van der Waals surface area contributed by atoms with Crippen LogP contribution in [0.3, 0.4) is 0 Å². The van der Waals surface area contributed by atoms with Gasteiger partial charge in [0.2, 0.25) is 0 Å². The summed E-state index contributed by atoms with van der Waals surface area (Å²) in [7, 11) is -8.68. The third-order valence-corrected chi connectivity index (χ3v) is 40.6. The number of hydrogen-bond donors (Lipinski definition) is 0. The maximum atomic E-state index is 2.50. The molecule has 0 aliphatic heterocycles. The molecule has 127 heavy (non-hydrogen) atoms. The maximum Gasteiger partial charge on any atom is 0.179 e. The average Bonchev–Trinajstić information content (AvgIpc) is 1.42. The van der Waals surface area contributed by atoms with Gasteiger partial charge in [0.15, 0.2) is 24.2 Å². The summed E-state index contributed by atoms with van der Waals surface area (Å²) in [4.78, 5) is 7.46. The van der Waals surface area contributed by atoms with Gasteiger partial charge in [-0.25, -0.2) is 0 Å². The van der Waals surface area contributed by atoms with Gasteiger partial charge in [0.1, 0.15) is 0 Å². The van der Waals surface area contributed by atoms with Crippen molar-refractivity contribution < 1.29 is 0 Å². The van der Waals surface area contributed by atoms with Crippen LogP contribution in [-0.2, 0) is 0 Å². The number of benzene rings is 21. The van der Waals surface area contributed by atoms with Crippen molar-refractivity contribution in [2.45, 2.75) is 0 Å². The molecule has 1 aromatic heterocycles. The molecule has 21 aromatic carbocycles. The van der Waals surface area contributed by atoms with Gasteiger partial charge in [-0.1, -0.05) is 419 Å². The standard InChI is InChI=1S/C120H88N4Si3/c1-10-43-99(44-11-1)125(100-45-12-2-13-46-100,101-47-14-3-15-48-101)108-79-71-93(72-80-108)121(116-64-34-40-89-37-28-31-61-111(89)116)92-67-69-96(70-68-92)124-119-85-77-97(122(117-65-35-41-90-38-29-32-62-112(90)117)94-73-81-109(82-74-94)126(102-49-16-4-17-50-102,103-51-18-5-19-52-103)104-53-20-6-21-54-104)87-114(119)115-88-98(78-86-120(115)124)123(118-66-36-42-91-39-30-33-63-113(91)118)95-75-83-110(84-76-95)127(105-55-22-7-23-56-105,106-57-24-8-25-58-106)107-59-26-9-27-60-107/h1-88H. The van der Waals surface area contributed by atoms with Crippen molar-refractivity contribution >= 4 is 192 Å². The lowest BCUT2D eigenvalue weighted by molar-refractivity contribution is 1.17. The second-order valence-corrected chi connectivity index (χ2v) is 44.4. The molecule has 0 spiro atoms. The molecule has 0 radical (unpaired) electrons. The van der Waals surface area contributed by atoms with E-state index in [1.165, 1.54) is 83.8 Å². The fourth-order valence-electron chi connectivity index (χ4n) is 20.6. The predicted octanol–water partition coefficient (Wildman–Crippen LogP) is 22.8. The minimum atomic E-state index is -2.91. The highest BCUT2D eigenvalue weighted by atomic mass is 28.3. The Kier molecular flexibility index (Phi) is 20.4. The smallest absolute Gasteiger partial charge is 0.179 e. The van der Waals surface area contributed by atoms with Crippen LogP contribution in [0.5, 0.6) is 0 Å². The van der Waals surface area contributed by atoms with Crippen molar-refractivity contribution in [3.63, 3.8) is 0 Å². The van der Waals surface area contributed by atoms with Crippen molar-refractivity contribution in [2.75, 3.05) is 14.7 Å². The predicted molar refractivity (Wildman–Crippen MR) is 548 cm³/mol. The second kappa shape index (κ2) is 33.5. The number of aromatic nitrogens is 1. The van der Waals surface area contributed by atoms with E-state index >= 15 is 0 Å². The van der Waals surface area contributed by atoms with E-state index in [-0.39, 0.29) is 0 Å². The van der Waals surface area contributed by atoms with Crippen LogP contribution in [0, 0.1) is 0 Å². The van der Waals surface area contributed by atoms with Crippen molar-refractivity contribution in [2.24, 2.45) is 0 Å². The lowest BCUT2D eigenvalue weighted by Crippen LogP contribution is -2.74. The summed E-state index contributed by atoms with van der Waals surface area (Å²) in [5.41, 5.74) is 12.7. The molecule has 1 heterocycles. The zero-order valence-corrected chi connectivity index (χ0v) is 73.1. The van der Waals surface area contributed by atoms with Crippen LogP contribution in [0.4, 0.5) is 51.2 Å². The quantitative estimate of drug-likeness (QED) is 0.0496. The van der Waals surface area contributed by atoms with E-state index in [2.05, 4.69) is 553 Å². The molecule has 0 amide bonds. The lowest BCUT2D eigenvalue weighted by Gasteiger charge is -2.35. The van der Waals surface area contributed by atoms with Gasteiger partial charge >= 0.3 is 0 Å². The van der Waals surface area contributed by atoms with E-state index in [9.17, 15) is 0 Å². The second-order valence-electron chi connectivity index (χ2n) is 32.9. The molecule has 0 saturated heterocycles. The first kappa shape index (κ1) is 77.3. The van der Waals surface area contributed by atoms with Gasteiger partial charge in [0, 0.05) is 66.7 Å². The van der Waals surface area contributed by atoms with E-state index < -0.39 is 24.2 Å². The van der Waals surface area contributed by atoms with E-state index in [4.69, 9.17) is 0 Å². The summed E-state index contributed by atoms with van der Waals surface area (Å²) in [6, 6.07) is 200. The molecule has 0 aliphatic rings. The zero-order valence-electron chi connectivity index (χ0n) is 70.1. The van der Waals surface area contributed by atoms with Gasteiger partial charge in [-0.05, 0) is 194 Å². The van der Waals surface area contributed by atoms with E-state index in [0.29, 0.717) is 0 Å². The first-order chi connectivity index (χ1) is 63.0. The summed E-state index contributed by atoms with van der Waals surface area (Å²) in [5, 5.41) is 25.1. The molecule has 0 atom stereocenters.